The lowest BCUT2D eigenvalue weighted by molar-refractivity contribution is 0.0111. The minimum atomic E-state index is -0.507. The van der Waals surface area contributed by atoms with Gasteiger partial charge in [0.1, 0.15) is 35.4 Å². The Morgan fingerprint density at radius 1 is 0.606 bits per heavy atom. The standard InChI is InChI=1S/C25H36BrN7O3.C25H37N7O3/c1-24(2,3)36-23(34)33-16-7-8-17(33)14-31(13-16)20-18-19(27-21(26)30(18)4)28-22(29-20)35-15-25-9-5-11-32(25)12-6-10-25;1-24(2,3)35-23(33)32-17-7-8-18(32)14-30(13-17)21-19-20(26-16-29(19)4)27-22(28-21)34-15-25-9-5-11-31(25)12-6-10-25/h16-17H,5-15H2,1-4H3;16-18H,5-15H2,1-4H3. The van der Waals surface area contributed by atoms with Crippen LogP contribution in [0.2, 0.25) is 0 Å². The van der Waals surface area contributed by atoms with Crippen molar-refractivity contribution in [3.05, 3.63) is 11.1 Å². The average molecular weight is 1050 g/mol. The molecule has 8 aliphatic rings. The van der Waals surface area contributed by atoms with Crippen LogP contribution in [0.3, 0.4) is 0 Å². The zero-order valence-corrected chi connectivity index (χ0v) is 44.6. The van der Waals surface area contributed by atoms with E-state index in [9.17, 15) is 9.59 Å². The van der Waals surface area contributed by atoms with E-state index in [0.29, 0.717) is 67.4 Å². The second-order valence-corrected chi connectivity index (χ2v) is 24.3. The largest absolute Gasteiger partial charge is 0.461 e. The number of hydrogen-bond donors (Lipinski definition) is 0. The summed E-state index contributed by atoms with van der Waals surface area (Å²) in [5, 5.41) is 0. The number of amides is 2. The summed E-state index contributed by atoms with van der Waals surface area (Å²) in [6.45, 7) is 20.2. The number of piperazine rings is 2. The van der Waals surface area contributed by atoms with Crippen LogP contribution in [0.1, 0.15) is 119 Å². The lowest BCUT2D eigenvalue weighted by Gasteiger charge is -2.41. The van der Waals surface area contributed by atoms with Gasteiger partial charge in [0.15, 0.2) is 27.7 Å². The highest BCUT2D eigenvalue weighted by molar-refractivity contribution is 9.10. The van der Waals surface area contributed by atoms with Crippen LogP contribution in [-0.4, -0.2) is 183 Å². The quantitative estimate of drug-likeness (QED) is 0.171. The highest BCUT2D eigenvalue weighted by Crippen LogP contribution is 2.42. The number of carbonyl (C=O) groups excluding carboxylic acids is 2. The van der Waals surface area contributed by atoms with Gasteiger partial charge in [-0.2, -0.15) is 19.9 Å². The Morgan fingerprint density at radius 3 is 1.44 bits per heavy atom. The smallest absolute Gasteiger partial charge is 0.410 e. The van der Waals surface area contributed by atoms with Crippen LogP contribution in [0.25, 0.3) is 22.3 Å². The molecule has 71 heavy (non-hydrogen) atoms. The maximum absolute atomic E-state index is 13.0. The van der Waals surface area contributed by atoms with Crippen LogP contribution in [0.4, 0.5) is 21.2 Å². The van der Waals surface area contributed by atoms with E-state index in [0.717, 1.165) is 61.4 Å². The van der Waals surface area contributed by atoms with Gasteiger partial charge in [0, 0.05) is 40.3 Å². The molecule has 21 heteroatoms. The first-order chi connectivity index (χ1) is 33.9. The molecule has 8 fully saturated rings. The minimum absolute atomic E-state index is 0.0917. The fraction of sp³-hybridized carbons (Fsp3) is 0.760. The van der Waals surface area contributed by atoms with Gasteiger partial charge >= 0.3 is 24.2 Å². The molecule has 20 nitrogen and oxygen atoms in total. The molecule has 4 atom stereocenters. The highest BCUT2D eigenvalue weighted by Gasteiger charge is 2.49. The fourth-order valence-electron chi connectivity index (χ4n) is 13.3. The second-order valence-electron chi connectivity index (χ2n) is 23.6. The number of aryl methyl sites for hydroxylation is 2. The first-order valence-electron chi connectivity index (χ1n) is 26.2. The topological polar surface area (TPSA) is 178 Å². The number of imidazole rings is 2. The summed E-state index contributed by atoms with van der Waals surface area (Å²) in [7, 11) is 3.94. The summed E-state index contributed by atoms with van der Waals surface area (Å²) >= 11 is 3.56. The number of ether oxygens (including phenoxy) is 4. The number of carbonyl (C=O) groups is 2. The number of anilines is 2. The molecule has 12 rings (SSSR count). The molecule has 0 N–H and O–H groups in total. The van der Waals surface area contributed by atoms with Gasteiger partial charge in [0.05, 0.1) is 41.6 Å². The van der Waals surface area contributed by atoms with E-state index in [1.807, 2.05) is 74.6 Å². The van der Waals surface area contributed by atoms with Crippen molar-refractivity contribution in [2.75, 3.05) is 75.4 Å². The van der Waals surface area contributed by atoms with E-state index in [1.54, 1.807) is 6.33 Å². The molecule has 8 saturated heterocycles. The van der Waals surface area contributed by atoms with Gasteiger partial charge in [-0.1, -0.05) is 0 Å². The predicted octanol–water partition coefficient (Wildman–Crippen LogP) is 6.68. The van der Waals surface area contributed by atoms with E-state index in [2.05, 4.69) is 50.5 Å². The van der Waals surface area contributed by atoms with Crippen molar-refractivity contribution in [2.45, 2.75) is 165 Å². The Labute approximate surface area is 425 Å². The van der Waals surface area contributed by atoms with Gasteiger partial charge in [0.2, 0.25) is 0 Å². The van der Waals surface area contributed by atoms with Crippen LogP contribution in [0, 0.1) is 0 Å². The molecule has 386 valence electrons. The highest BCUT2D eigenvalue weighted by atomic mass is 79.9. The number of fused-ring (bicyclic) bond motifs is 8. The molecule has 0 spiro atoms. The van der Waals surface area contributed by atoms with Gasteiger partial charge in [-0.25, -0.2) is 19.6 Å². The predicted molar refractivity (Wildman–Crippen MR) is 271 cm³/mol. The number of hydrogen-bond acceptors (Lipinski definition) is 16. The summed E-state index contributed by atoms with van der Waals surface area (Å²) in [6, 6.07) is 1.19. The van der Waals surface area contributed by atoms with Crippen LogP contribution in [0.15, 0.2) is 11.1 Å². The van der Waals surface area contributed by atoms with Crippen LogP contribution >= 0.6 is 15.9 Å². The summed E-state index contributed by atoms with van der Waals surface area (Å²) in [5.41, 5.74) is 2.32. The van der Waals surface area contributed by atoms with Gasteiger partial charge in [-0.15, -0.1) is 0 Å². The Morgan fingerprint density at radius 2 is 1.01 bits per heavy atom. The normalized spacial score (nSPS) is 25.8. The van der Waals surface area contributed by atoms with E-state index in [4.69, 9.17) is 33.9 Å². The Bertz CT molecular complexity index is 2620. The van der Waals surface area contributed by atoms with Gasteiger partial charge in [-0.05, 0) is 161 Å². The fourth-order valence-corrected chi connectivity index (χ4v) is 13.7. The lowest BCUT2D eigenvalue weighted by atomic mass is 9.95. The van der Waals surface area contributed by atoms with Gasteiger partial charge in [0.25, 0.3) is 0 Å². The number of halogens is 1. The van der Waals surface area contributed by atoms with Gasteiger partial charge in [-0.3, -0.25) is 19.6 Å². The molecule has 4 aromatic heterocycles. The van der Waals surface area contributed by atoms with E-state index < -0.39 is 11.2 Å². The molecule has 4 bridgehead atoms. The summed E-state index contributed by atoms with van der Waals surface area (Å²) < 4.78 is 28.7. The molecule has 0 aliphatic carbocycles. The van der Waals surface area contributed by atoms with Crippen molar-refractivity contribution < 1.29 is 28.5 Å². The molecule has 0 radical (unpaired) electrons. The molecule has 0 saturated carbocycles. The average Bonchev–Trinajstić information content (AvgIpc) is 4.19. The third-order valence-electron chi connectivity index (χ3n) is 16.5. The van der Waals surface area contributed by atoms with E-state index >= 15 is 0 Å². The minimum Gasteiger partial charge on any atom is -0.461 e. The van der Waals surface area contributed by atoms with Crippen molar-refractivity contribution >= 4 is 62.1 Å². The lowest BCUT2D eigenvalue weighted by Crippen LogP contribution is -2.57. The van der Waals surface area contributed by atoms with E-state index in [1.165, 1.54) is 64.5 Å². The molecular weight excluding hydrogens is 973 g/mol. The zero-order valence-electron chi connectivity index (χ0n) is 43.0. The zero-order chi connectivity index (χ0) is 49.6. The summed E-state index contributed by atoms with van der Waals surface area (Å²) in [4.78, 5) is 67.9. The first-order valence-corrected chi connectivity index (χ1v) is 27.0. The Hall–Kier alpha value is -4.76. The number of aromatic nitrogens is 8. The van der Waals surface area contributed by atoms with E-state index in [-0.39, 0.29) is 47.4 Å². The SMILES string of the molecule is Cn1c(Br)nc2nc(OCC34CCCN3CCC4)nc(N3CC4CCC(C3)N4C(=O)OC(C)(C)C)c21.Cn1cnc2nc(OCC34CCCN3CCC4)nc(N3CC4CCC(C3)N4C(=O)OC(C)(C)C)c21. The molecule has 8 aliphatic heterocycles. The molecular formula is C50H73BrN14O6. The maximum Gasteiger partial charge on any atom is 0.410 e. The molecule has 0 aromatic carbocycles. The van der Waals surface area contributed by atoms with Crippen molar-refractivity contribution in [2.24, 2.45) is 14.1 Å². The van der Waals surface area contributed by atoms with Crippen LogP contribution in [-0.2, 0) is 23.6 Å². The third kappa shape index (κ3) is 9.22. The summed E-state index contributed by atoms with van der Waals surface area (Å²) in [6.07, 6.45) is 14.9. The van der Waals surface area contributed by atoms with Crippen molar-refractivity contribution in [3.8, 4) is 12.0 Å². The monoisotopic (exact) mass is 1040 g/mol. The van der Waals surface area contributed by atoms with Crippen molar-refractivity contribution in [3.63, 3.8) is 0 Å². The number of rotatable bonds is 8. The van der Waals surface area contributed by atoms with Crippen molar-refractivity contribution in [1.82, 2.24) is 58.6 Å². The molecule has 12 heterocycles. The molecule has 4 aromatic rings. The van der Waals surface area contributed by atoms with Gasteiger partial charge < -0.3 is 37.9 Å². The first kappa shape index (κ1) is 48.5. The van der Waals surface area contributed by atoms with Crippen molar-refractivity contribution in [1.29, 1.82) is 0 Å². The number of nitrogens with zero attached hydrogens (tertiary/aromatic N) is 14. The maximum atomic E-state index is 13.0. The van der Waals surface area contributed by atoms with Crippen LogP contribution in [0.5, 0.6) is 12.0 Å². The second kappa shape index (κ2) is 18.3. The third-order valence-corrected chi connectivity index (χ3v) is 17.2. The Balaban J connectivity index is 0.000000154. The molecule has 2 amide bonds. The molecule has 4 unspecified atom stereocenters. The Kier molecular flexibility index (Phi) is 12.5. The van der Waals surface area contributed by atoms with Crippen LogP contribution < -0.4 is 19.3 Å². The summed E-state index contributed by atoms with van der Waals surface area (Å²) in [5.74, 6) is 1.67.